The average molecular weight is 389 g/mol. The van der Waals surface area contributed by atoms with Crippen molar-refractivity contribution in [2.75, 3.05) is 10.6 Å². The molecule has 0 atom stereocenters. The Morgan fingerprint density at radius 1 is 1.21 bits per heavy atom. The molecular weight excluding hydrogens is 371 g/mol. The number of nitrogens with zero attached hydrogens (tertiary/aromatic N) is 2. The number of anilines is 2. The number of carbonyl (C=O) groups is 1. The maximum Gasteiger partial charge on any atom is 0.323 e. The summed E-state index contributed by atoms with van der Waals surface area (Å²) in [5.41, 5.74) is 2.20. The minimum atomic E-state index is -2.68. The van der Waals surface area contributed by atoms with Gasteiger partial charge in [-0.3, -0.25) is 9.97 Å². The summed E-state index contributed by atoms with van der Waals surface area (Å²) in [6.07, 6.45) is 4.41. The third kappa shape index (κ3) is 3.78. The van der Waals surface area contributed by atoms with Gasteiger partial charge < -0.3 is 15.6 Å². The van der Waals surface area contributed by atoms with Crippen LogP contribution in [-0.4, -0.2) is 26.9 Å². The van der Waals surface area contributed by atoms with E-state index in [0.717, 1.165) is 11.6 Å². The van der Waals surface area contributed by atoms with E-state index in [1.807, 2.05) is 6.07 Å². The van der Waals surface area contributed by atoms with Crippen molar-refractivity contribution < 1.29 is 18.0 Å². The number of aromatic nitrogens is 3. The number of fused-ring (bicyclic) bond motifs is 1. The van der Waals surface area contributed by atoms with Gasteiger partial charge >= 0.3 is 6.03 Å². The van der Waals surface area contributed by atoms with E-state index < -0.39 is 17.8 Å². The Bertz CT molecular complexity index is 1010. The Balaban J connectivity index is 1.42. The highest BCUT2D eigenvalue weighted by molar-refractivity contribution is 6.04. The monoisotopic (exact) mass is 389 g/mol. The van der Waals surface area contributed by atoms with Gasteiger partial charge in [-0.25, -0.2) is 18.0 Å². The Labute approximate surface area is 158 Å². The summed E-state index contributed by atoms with van der Waals surface area (Å²) in [6.45, 7) is 0. The molecule has 0 bridgehead atoms. The molecule has 0 aromatic carbocycles. The summed E-state index contributed by atoms with van der Waals surface area (Å²) < 4.78 is 41.0. The van der Waals surface area contributed by atoms with Crippen LogP contribution in [0.25, 0.3) is 11.0 Å². The predicted molar refractivity (Wildman–Crippen MR) is 99.1 cm³/mol. The van der Waals surface area contributed by atoms with Crippen molar-refractivity contribution in [2.45, 2.75) is 37.5 Å². The zero-order valence-electron chi connectivity index (χ0n) is 14.8. The largest absolute Gasteiger partial charge is 0.358 e. The predicted octanol–water partition coefficient (Wildman–Crippen LogP) is 5.03. The molecule has 3 aromatic heterocycles. The number of carbonyl (C=O) groups excluding carboxylic acids is 1. The second-order valence-corrected chi connectivity index (χ2v) is 6.90. The summed E-state index contributed by atoms with van der Waals surface area (Å²) in [6, 6.07) is 4.18. The van der Waals surface area contributed by atoms with E-state index in [4.69, 9.17) is 0 Å². The SMILES string of the molecule is O=C(Nc1cnc(C2CCC(F)(F)CC2)c(F)c1)Nc1c[nH]c2cccnc12. The first-order valence-electron chi connectivity index (χ1n) is 8.95. The van der Waals surface area contributed by atoms with Gasteiger partial charge in [-0.15, -0.1) is 0 Å². The number of aromatic amines is 1. The minimum Gasteiger partial charge on any atom is -0.358 e. The van der Waals surface area contributed by atoms with E-state index in [2.05, 4.69) is 25.6 Å². The number of H-pyrrole nitrogens is 1. The number of nitrogens with one attached hydrogen (secondary N) is 3. The molecule has 9 heteroatoms. The Kier molecular flexibility index (Phi) is 4.66. The average Bonchev–Trinajstić information content (AvgIpc) is 3.05. The Morgan fingerprint density at radius 2 is 2.00 bits per heavy atom. The number of alkyl halides is 2. The van der Waals surface area contributed by atoms with Gasteiger partial charge in [-0.05, 0) is 25.0 Å². The van der Waals surface area contributed by atoms with Crippen LogP contribution in [0.5, 0.6) is 0 Å². The Morgan fingerprint density at radius 3 is 2.75 bits per heavy atom. The first-order chi connectivity index (χ1) is 13.4. The molecule has 3 aromatic rings. The van der Waals surface area contributed by atoms with Crippen molar-refractivity contribution in [3.63, 3.8) is 0 Å². The normalized spacial score (nSPS) is 16.8. The quantitative estimate of drug-likeness (QED) is 0.587. The molecule has 3 heterocycles. The van der Waals surface area contributed by atoms with Crippen molar-refractivity contribution in [2.24, 2.45) is 0 Å². The van der Waals surface area contributed by atoms with Crippen LogP contribution in [0.4, 0.5) is 29.3 Å². The number of halogens is 3. The number of pyridine rings is 2. The number of hydrogen-bond donors (Lipinski definition) is 3. The fraction of sp³-hybridized carbons (Fsp3) is 0.316. The van der Waals surface area contributed by atoms with E-state index in [-0.39, 0.29) is 43.0 Å². The lowest BCUT2D eigenvalue weighted by atomic mass is 9.84. The van der Waals surface area contributed by atoms with E-state index >= 15 is 0 Å². The molecule has 1 aliphatic rings. The molecule has 0 unspecified atom stereocenters. The molecular formula is C19H18F3N5O. The highest BCUT2D eigenvalue weighted by Gasteiger charge is 2.36. The standard InChI is InChI=1S/C19H18F3N5O/c20-13-8-12(9-25-16(13)11-3-5-19(21,22)6-4-11)26-18(28)27-15-10-24-14-2-1-7-23-17(14)15/h1-2,7-11,24H,3-6H2,(H2,26,27,28). The molecule has 3 N–H and O–H groups in total. The maximum atomic E-state index is 14.4. The van der Waals surface area contributed by atoms with Crippen LogP contribution in [0.3, 0.4) is 0 Å². The maximum absolute atomic E-state index is 14.4. The lowest BCUT2D eigenvalue weighted by Crippen LogP contribution is -2.24. The highest BCUT2D eigenvalue weighted by atomic mass is 19.3. The second kappa shape index (κ2) is 7.14. The number of rotatable bonds is 3. The highest BCUT2D eigenvalue weighted by Crippen LogP contribution is 2.41. The molecule has 6 nitrogen and oxygen atoms in total. The van der Waals surface area contributed by atoms with E-state index in [9.17, 15) is 18.0 Å². The Hall–Kier alpha value is -3.10. The fourth-order valence-corrected chi connectivity index (χ4v) is 3.47. The number of amides is 2. The van der Waals surface area contributed by atoms with E-state index in [0.29, 0.717) is 11.2 Å². The molecule has 4 rings (SSSR count). The lowest BCUT2D eigenvalue weighted by molar-refractivity contribution is -0.0387. The van der Waals surface area contributed by atoms with Gasteiger partial charge in [0, 0.05) is 37.2 Å². The zero-order chi connectivity index (χ0) is 19.7. The van der Waals surface area contributed by atoms with Crippen LogP contribution in [0.15, 0.2) is 36.8 Å². The van der Waals surface area contributed by atoms with Gasteiger partial charge in [-0.2, -0.15) is 0 Å². The first-order valence-corrected chi connectivity index (χ1v) is 8.95. The molecule has 1 fully saturated rings. The molecule has 1 saturated carbocycles. The molecule has 0 spiro atoms. The zero-order valence-corrected chi connectivity index (χ0v) is 14.8. The van der Waals surface area contributed by atoms with Crippen molar-refractivity contribution in [1.82, 2.24) is 15.0 Å². The van der Waals surface area contributed by atoms with Crippen LogP contribution in [0, 0.1) is 5.82 Å². The summed E-state index contributed by atoms with van der Waals surface area (Å²) >= 11 is 0. The molecule has 0 aliphatic heterocycles. The van der Waals surface area contributed by atoms with Crippen LogP contribution in [0.1, 0.15) is 37.3 Å². The molecule has 2 amide bonds. The van der Waals surface area contributed by atoms with Crippen LogP contribution >= 0.6 is 0 Å². The van der Waals surface area contributed by atoms with E-state index in [1.165, 1.54) is 6.20 Å². The molecule has 28 heavy (non-hydrogen) atoms. The summed E-state index contributed by atoms with van der Waals surface area (Å²) in [5.74, 6) is -3.62. The third-order valence-electron chi connectivity index (χ3n) is 4.91. The molecule has 1 aliphatic carbocycles. The first kappa shape index (κ1) is 18.3. The molecule has 146 valence electrons. The third-order valence-corrected chi connectivity index (χ3v) is 4.91. The van der Waals surface area contributed by atoms with Gasteiger partial charge in [0.2, 0.25) is 5.92 Å². The van der Waals surface area contributed by atoms with E-state index in [1.54, 1.807) is 18.5 Å². The number of urea groups is 1. The van der Waals surface area contributed by atoms with Gasteiger partial charge in [0.05, 0.1) is 28.8 Å². The topological polar surface area (TPSA) is 82.7 Å². The van der Waals surface area contributed by atoms with Gasteiger partial charge in [0.15, 0.2) is 0 Å². The number of hydrogen-bond acceptors (Lipinski definition) is 3. The van der Waals surface area contributed by atoms with Gasteiger partial charge in [0.1, 0.15) is 11.3 Å². The summed E-state index contributed by atoms with van der Waals surface area (Å²) in [7, 11) is 0. The van der Waals surface area contributed by atoms with Gasteiger partial charge in [-0.1, -0.05) is 0 Å². The van der Waals surface area contributed by atoms with Gasteiger partial charge in [0.25, 0.3) is 0 Å². The van der Waals surface area contributed by atoms with Crippen molar-refractivity contribution in [1.29, 1.82) is 0 Å². The minimum absolute atomic E-state index is 0.169. The lowest BCUT2D eigenvalue weighted by Gasteiger charge is -2.28. The molecule has 0 radical (unpaired) electrons. The van der Waals surface area contributed by atoms with Crippen LogP contribution in [-0.2, 0) is 0 Å². The summed E-state index contributed by atoms with van der Waals surface area (Å²) in [5, 5.41) is 5.16. The summed E-state index contributed by atoms with van der Waals surface area (Å²) in [4.78, 5) is 23.4. The fourth-order valence-electron chi connectivity index (χ4n) is 3.47. The van der Waals surface area contributed by atoms with Crippen molar-refractivity contribution in [3.05, 3.63) is 48.3 Å². The smallest absolute Gasteiger partial charge is 0.323 e. The van der Waals surface area contributed by atoms with Crippen LogP contribution < -0.4 is 10.6 Å². The van der Waals surface area contributed by atoms with Crippen molar-refractivity contribution in [3.8, 4) is 0 Å². The van der Waals surface area contributed by atoms with Crippen molar-refractivity contribution >= 4 is 28.4 Å². The second-order valence-electron chi connectivity index (χ2n) is 6.90. The van der Waals surface area contributed by atoms with Crippen LogP contribution in [0.2, 0.25) is 0 Å². The molecule has 0 saturated heterocycles.